The van der Waals surface area contributed by atoms with Gasteiger partial charge in [-0.05, 0) is 71.6 Å². The molecule has 4 bridgehead atoms. The third-order valence-electron chi connectivity index (χ3n) is 11.8. The van der Waals surface area contributed by atoms with E-state index in [1.165, 1.54) is 60.8 Å². The normalized spacial score (nSPS) is 43.2. The van der Waals surface area contributed by atoms with Gasteiger partial charge < -0.3 is 0 Å². The quantitative estimate of drug-likeness (QED) is 0.347. The van der Waals surface area contributed by atoms with Crippen LogP contribution in [0.3, 0.4) is 0 Å². The molecule has 4 saturated carbocycles. The van der Waals surface area contributed by atoms with E-state index in [1.807, 2.05) is 0 Å². The number of benzene rings is 3. The minimum atomic E-state index is -0.205. The van der Waals surface area contributed by atoms with Crippen LogP contribution < -0.4 is 0 Å². The third-order valence-corrected chi connectivity index (χ3v) is 11.8. The summed E-state index contributed by atoms with van der Waals surface area (Å²) >= 11 is 0. The van der Waals surface area contributed by atoms with Crippen molar-refractivity contribution in [1.82, 2.24) is 0 Å². The highest BCUT2D eigenvalue weighted by Crippen LogP contribution is 2.71. The Morgan fingerprint density at radius 3 is 1.16 bits per heavy atom. The highest BCUT2D eigenvalue weighted by Gasteiger charge is 2.70. The van der Waals surface area contributed by atoms with Crippen LogP contribution in [0.2, 0.25) is 0 Å². The maximum absolute atomic E-state index is 5.22. The van der Waals surface area contributed by atoms with Crippen LogP contribution in [0.1, 0.15) is 73.6 Å². The van der Waals surface area contributed by atoms with Gasteiger partial charge in [-0.2, -0.15) is 20.5 Å². The van der Waals surface area contributed by atoms with Gasteiger partial charge >= 0.3 is 0 Å². The number of fused-ring (bicyclic) bond motifs is 10. The molecule has 9 rings (SSSR count). The minimum Gasteiger partial charge on any atom is -0.181 e. The Morgan fingerprint density at radius 2 is 0.763 bits per heavy atom. The highest BCUT2D eigenvalue weighted by molar-refractivity contribution is 5.45. The van der Waals surface area contributed by atoms with Gasteiger partial charge in [0, 0.05) is 12.8 Å². The summed E-state index contributed by atoms with van der Waals surface area (Å²) in [7, 11) is 0. The monoisotopic (exact) mass is 498 g/mol. The van der Waals surface area contributed by atoms with Crippen LogP contribution in [0.15, 0.2) is 105 Å². The number of azo groups is 2. The van der Waals surface area contributed by atoms with Crippen LogP contribution in [0.4, 0.5) is 0 Å². The molecule has 2 heterocycles. The molecule has 3 aromatic rings. The van der Waals surface area contributed by atoms with E-state index in [1.54, 1.807) is 0 Å². The zero-order valence-electron chi connectivity index (χ0n) is 21.8. The fourth-order valence-corrected chi connectivity index (χ4v) is 10.4. The summed E-state index contributed by atoms with van der Waals surface area (Å²) in [5, 5.41) is 20.8. The lowest BCUT2D eigenvalue weighted by Crippen LogP contribution is -2.33. The molecule has 0 aromatic heterocycles. The first kappa shape index (κ1) is 21.8. The maximum Gasteiger partial charge on any atom is 0.112 e. The smallest absolute Gasteiger partial charge is 0.112 e. The number of rotatable bonds is 4. The number of hydrogen-bond donors (Lipinski definition) is 0. The summed E-state index contributed by atoms with van der Waals surface area (Å²) in [5.74, 6) is 2.33. The van der Waals surface area contributed by atoms with Crippen molar-refractivity contribution in [3.63, 3.8) is 0 Å². The van der Waals surface area contributed by atoms with Crippen molar-refractivity contribution in [3.8, 4) is 0 Å². The lowest BCUT2D eigenvalue weighted by Gasteiger charge is -2.35. The Labute approximate surface area is 224 Å². The second kappa shape index (κ2) is 7.28. The molecule has 0 amide bonds. The molecule has 6 aliphatic rings. The van der Waals surface area contributed by atoms with E-state index in [2.05, 4.69) is 84.9 Å². The summed E-state index contributed by atoms with van der Waals surface area (Å²) in [6, 6.07) is 31.5. The topological polar surface area (TPSA) is 49.4 Å². The standard InChI is InChI=1S/C34H34N4/c1-3-10-23(11-4-1)31-21-33(37-35-31,29-18-8-16-27(29)31)25-14-7-15-26(20-25)34-22-32(36-38-34,24-12-5-2-6-13-24)28-17-9-19-30(28)34/h1-7,10-15,20,27-30H,8-9,16-19,21-22H2. The second-order valence-electron chi connectivity index (χ2n) is 13.1. The molecule has 38 heavy (non-hydrogen) atoms. The summed E-state index contributed by atoms with van der Waals surface area (Å²) in [6.45, 7) is 0. The summed E-state index contributed by atoms with van der Waals surface area (Å²) < 4.78 is 0. The number of hydrogen-bond acceptors (Lipinski definition) is 4. The SMILES string of the molecule is c1ccc(C23CC(c4cccc(C56CC(c7ccccc7)(N=N5)C5CCCC56)c4)(N=N2)C2CCCC23)cc1. The molecular formula is C34H34N4. The molecule has 8 atom stereocenters. The average Bonchev–Trinajstić information content (AvgIpc) is 3.81. The molecule has 0 spiro atoms. The summed E-state index contributed by atoms with van der Waals surface area (Å²) in [5.41, 5.74) is 4.73. The van der Waals surface area contributed by atoms with Gasteiger partial charge in [-0.1, -0.05) is 97.8 Å². The van der Waals surface area contributed by atoms with E-state index in [9.17, 15) is 0 Å². The van der Waals surface area contributed by atoms with Crippen LogP contribution in [0, 0.1) is 23.7 Å². The van der Waals surface area contributed by atoms with Gasteiger partial charge in [0.15, 0.2) is 0 Å². The minimum absolute atomic E-state index is 0.157. The van der Waals surface area contributed by atoms with E-state index in [-0.39, 0.29) is 22.2 Å². The summed E-state index contributed by atoms with van der Waals surface area (Å²) in [4.78, 5) is 0. The van der Waals surface area contributed by atoms with E-state index < -0.39 is 0 Å². The van der Waals surface area contributed by atoms with Crippen molar-refractivity contribution < 1.29 is 0 Å². The van der Waals surface area contributed by atoms with Crippen molar-refractivity contribution in [1.29, 1.82) is 0 Å². The van der Waals surface area contributed by atoms with E-state index in [4.69, 9.17) is 20.5 Å². The number of nitrogens with zero attached hydrogens (tertiary/aromatic N) is 4. The zero-order chi connectivity index (χ0) is 25.0. The van der Waals surface area contributed by atoms with E-state index >= 15 is 0 Å². The fourth-order valence-electron chi connectivity index (χ4n) is 10.4. The molecule has 4 heteroatoms. The first-order valence-corrected chi connectivity index (χ1v) is 14.8. The summed E-state index contributed by atoms with van der Waals surface area (Å²) in [6.07, 6.45) is 9.65. The van der Waals surface area contributed by atoms with Crippen LogP contribution in [0.5, 0.6) is 0 Å². The molecule has 2 aliphatic heterocycles. The molecule has 0 N–H and O–H groups in total. The molecule has 8 unspecified atom stereocenters. The van der Waals surface area contributed by atoms with Crippen LogP contribution >= 0.6 is 0 Å². The zero-order valence-corrected chi connectivity index (χ0v) is 21.8. The van der Waals surface area contributed by atoms with Gasteiger partial charge in [-0.3, -0.25) is 0 Å². The van der Waals surface area contributed by atoms with Crippen molar-refractivity contribution >= 4 is 0 Å². The Bertz CT molecular complexity index is 1370. The Kier molecular flexibility index (Phi) is 4.17. The lowest BCUT2D eigenvalue weighted by molar-refractivity contribution is 0.230. The molecule has 4 nitrogen and oxygen atoms in total. The van der Waals surface area contributed by atoms with Crippen molar-refractivity contribution in [2.45, 2.75) is 73.5 Å². The van der Waals surface area contributed by atoms with Crippen LogP contribution in [0.25, 0.3) is 0 Å². The van der Waals surface area contributed by atoms with Gasteiger partial charge in [0.2, 0.25) is 0 Å². The Morgan fingerprint density at radius 1 is 0.421 bits per heavy atom. The molecule has 4 fully saturated rings. The third kappa shape index (κ3) is 2.44. The molecular weight excluding hydrogens is 464 g/mol. The van der Waals surface area contributed by atoms with Gasteiger partial charge in [0.05, 0.1) is 0 Å². The highest BCUT2D eigenvalue weighted by atomic mass is 15.3. The predicted octanol–water partition coefficient (Wildman–Crippen LogP) is 8.44. The largest absolute Gasteiger partial charge is 0.181 e. The molecule has 4 aliphatic carbocycles. The van der Waals surface area contributed by atoms with Gasteiger partial charge in [-0.15, -0.1) is 0 Å². The second-order valence-corrected chi connectivity index (χ2v) is 13.1. The first-order chi connectivity index (χ1) is 18.7. The predicted molar refractivity (Wildman–Crippen MR) is 147 cm³/mol. The van der Waals surface area contributed by atoms with Gasteiger partial charge in [-0.25, -0.2) is 0 Å². The van der Waals surface area contributed by atoms with Gasteiger partial charge in [0.25, 0.3) is 0 Å². The van der Waals surface area contributed by atoms with Crippen molar-refractivity contribution in [2.24, 2.45) is 44.1 Å². The average molecular weight is 499 g/mol. The molecule has 3 aromatic carbocycles. The Balaban J connectivity index is 1.15. The van der Waals surface area contributed by atoms with E-state index in [0.717, 1.165) is 12.8 Å². The molecule has 0 saturated heterocycles. The van der Waals surface area contributed by atoms with Crippen molar-refractivity contribution in [3.05, 3.63) is 107 Å². The van der Waals surface area contributed by atoms with Crippen LogP contribution in [-0.4, -0.2) is 0 Å². The first-order valence-electron chi connectivity index (χ1n) is 14.8. The van der Waals surface area contributed by atoms with Crippen molar-refractivity contribution in [2.75, 3.05) is 0 Å². The lowest BCUT2D eigenvalue weighted by atomic mass is 9.75. The van der Waals surface area contributed by atoms with Crippen LogP contribution in [-0.2, 0) is 22.2 Å². The molecule has 0 radical (unpaired) electrons. The fraction of sp³-hybridized carbons (Fsp3) is 0.471. The van der Waals surface area contributed by atoms with E-state index in [0.29, 0.717) is 23.7 Å². The Hall–Kier alpha value is -3.14. The van der Waals surface area contributed by atoms with Gasteiger partial charge in [0.1, 0.15) is 22.2 Å². The maximum atomic E-state index is 5.22. The molecule has 190 valence electrons.